The number of rotatable bonds is 5. The van der Waals surface area contributed by atoms with Crippen molar-refractivity contribution in [2.24, 2.45) is 11.1 Å². The number of aromatic nitrogens is 1. The van der Waals surface area contributed by atoms with E-state index >= 15 is 0 Å². The molecule has 5 heteroatoms. The third-order valence-corrected chi connectivity index (χ3v) is 3.58. The maximum absolute atomic E-state index is 12.1. The second kappa shape index (κ2) is 6.44. The fourth-order valence-corrected chi connectivity index (χ4v) is 2.70. The molecule has 1 aromatic carbocycles. The highest BCUT2D eigenvalue weighted by molar-refractivity contribution is 6.00. The predicted octanol–water partition coefficient (Wildman–Crippen LogP) is 3.52. The van der Waals surface area contributed by atoms with E-state index in [-0.39, 0.29) is 11.3 Å². The van der Waals surface area contributed by atoms with E-state index in [2.05, 4.69) is 12.2 Å². The number of carbonyl (C=O) groups is 2. The minimum Gasteiger partial charge on any atom is -0.364 e. The van der Waals surface area contributed by atoms with E-state index in [1.807, 2.05) is 43.5 Å². The molecule has 0 aliphatic carbocycles. The molecule has 124 valence electrons. The van der Waals surface area contributed by atoms with Gasteiger partial charge in [0.2, 0.25) is 5.91 Å². The second-order valence-corrected chi connectivity index (χ2v) is 7.10. The van der Waals surface area contributed by atoms with Crippen LogP contribution >= 0.6 is 0 Å². The molecule has 23 heavy (non-hydrogen) atoms. The fraction of sp³-hybridized carbons (Fsp3) is 0.444. The van der Waals surface area contributed by atoms with Crippen LogP contribution < -0.4 is 11.1 Å². The van der Waals surface area contributed by atoms with Gasteiger partial charge in [0, 0.05) is 29.6 Å². The van der Waals surface area contributed by atoms with Gasteiger partial charge in [-0.25, -0.2) is 0 Å². The average molecular weight is 315 g/mol. The molecule has 0 aliphatic heterocycles. The van der Waals surface area contributed by atoms with Crippen LogP contribution in [-0.4, -0.2) is 16.4 Å². The second-order valence-electron chi connectivity index (χ2n) is 7.10. The van der Waals surface area contributed by atoms with E-state index < -0.39 is 5.91 Å². The van der Waals surface area contributed by atoms with Crippen molar-refractivity contribution in [1.82, 2.24) is 4.57 Å². The molecule has 1 aromatic heterocycles. The van der Waals surface area contributed by atoms with Gasteiger partial charge in [0.1, 0.15) is 5.69 Å². The fourth-order valence-electron chi connectivity index (χ4n) is 2.70. The van der Waals surface area contributed by atoms with E-state index in [9.17, 15) is 9.59 Å². The van der Waals surface area contributed by atoms with Crippen molar-refractivity contribution < 1.29 is 9.59 Å². The molecule has 0 unspecified atom stereocenters. The topological polar surface area (TPSA) is 77.1 Å². The van der Waals surface area contributed by atoms with Crippen molar-refractivity contribution in [3.05, 3.63) is 30.0 Å². The van der Waals surface area contributed by atoms with Crippen molar-refractivity contribution >= 4 is 28.4 Å². The number of amides is 2. The number of hydrogen-bond donors (Lipinski definition) is 2. The summed E-state index contributed by atoms with van der Waals surface area (Å²) < 4.78 is 1.93. The molecule has 0 spiro atoms. The zero-order valence-corrected chi connectivity index (χ0v) is 14.3. The van der Waals surface area contributed by atoms with Crippen molar-refractivity contribution in [2.75, 3.05) is 5.32 Å². The van der Waals surface area contributed by atoms with E-state index in [1.165, 1.54) is 0 Å². The summed E-state index contributed by atoms with van der Waals surface area (Å²) in [6.45, 7) is 8.87. The lowest BCUT2D eigenvalue weighted by molar-refractivity contribution is -0.117. The van der Waals surface area contributed by atoms with Gasteiger partial charge in [-0.3, -0.25) is 9.59 Å². The molecule has 3 N–H and O–H groups in total. The summed E-state index contributed by atoms with van der Waals surface area (Å²) in [4.78, 5) is 23.7. The van der Waals surface area contributed by atoms with Gasteiger partial charge in [-0.15, -0.1) is 0 Å². The monoisotopic (exact) mass is 315 g/mol. The van der Waals surface area contributed by atoms with Gasteiger partial charge in [-0.1, -0.05) is 27.7 Å². The van der Waals surface area contributed by atoms with E-state index in [0.29, 0.717) is 12.1 Å². The van der Waals surface area contributed by atoms with E-state index in [4.69, 9.17) is 5.73 Å². The molecule has 0 bridgehead atoms. The summed E-state index contributed by atoms with van der Waals surface area (Å²) in [6, 6.07) is 7.45. The highest BCUT2D eigenvalue weighted by Gasteiger charge is 2.17. The molecule has 0 saturated carbocycles. The molecule has 5 nitrogen and oxygen atoms in total. The number of benzene rings is 1. The minimum absolute atomic E-state index is 0.0139. The molecule has 2 rings (SSSR count). The summed E-state index contributed by atoms with van der Waals surface area (Å²) in [5.74, 6) is -0.451. The average Bonchev–Trinajstić information content (AvgIpc) is 2.75. The molecule has 0 radical (unpaired) electrons. The molecule has 0 fully saturated rings. The molecule has 1 heterocycles. The number of nitrogens with one attached hydrogen (secondary N) is 1. The lowest BCUT2D eigenvalue weighted by Crippen LogP contribution is -2.19. The van der Waals surface area contributed by atoms with Crippen LogP contribution in [0.2, 0.25) is 0 Å². The van der Waals surface area contributed by atoms with Gasteiger partial charge in [0.05, 0.1) is 0 Å². The van der Waals surface area contributed by atoms with Crippen molar-refractivity contribution in [3.8, 4) is 0 Å². The Hall–Kier alpha value is -2.30. The van der Waals surface area contributed by atoms with Gasteiger partial charge in [-0.05, 0) is 36.1 Å². The number of nitrogens with two attached hydrogens (primary N) is 1. The van der Waals surface area contributed by atoms with Gasteiger partial charge in [-0.2, -0.15) is 0 Å². The Morgan fingerprint density at radius 3 is 2.48 bits per heavy atom. The molecule has 0 saturated heterocycles. The van der Waals surface area contributed by atoms with Gasteiger partial charge < -0.3 is 15.6 Å². The van der Waals surface area contributed by atoms with E-state index in [1.54, 1.807) is 6.07 Å². The third kappa shape index (κ3) is 4.12. The minimum atomic E-state index is -0.437. The molecule has 0 atom stereocenters. The van der Waals surface area contributed by atoms with Crippen LogP contribution in [0.3, 0.4) is 0 Å². The summed E-state index contributed by atoms with van der Waals surface area (Å²) in [6.07, 6.45) is 1.36. The van der Waals surface area contributed by atoms with Gasteiger partial charge in [0.15, 0.2) is 0 Å². The molecule has 2 amide bonds. The van der Waals surface area contributed by atoms with Crippen LogP contribution in [0.5, 0.6) is 0 Å². The maximum atomic E-state index is 12.1. The first-order valence-corrected chi connectivity index (χ1v) is 7.94. The molecule has 0 aliphatic rings. The number of anilines is 1. The normalized spacial score (nSPS) is 11.7. The Kier molecular flexibility index (Phi) is 4.78. The molecular weight excluding hydrogens is 290 g/mol. The number of primary amides is 1. The first kappa shape index (κ1) is 17.1. The van der Waals surface area contributed by atoms with E-state index in [0.717, 1.165) is 29.6 Å². The number of hydrogen-bond acceptors (Lipinski definition) is 2. The van der Waals surface area contributed by atoms with Gasteiger partial charge >= 0.3 is 0 Å². The Bertz CT molecular complexity index is 739. The SMILES string of the molecule is CCCn1c(C(N)=O)cc2cc(NC(=O)CC(C)(C)C)ccc21. The van der Waals surface area contributed by atoms with Crippen molar-refractivity contribution in [1.29, 1.82) is 0 Å². The van der Waals surface area contributed by atoms with Crippen LogP contribution in [-0.2, 0) is 11.3 Å². The predicted molar refractivity (Wildman–Crippen MR) is 93.4 cm³/mol. The summed E-state index contributed by atoms with van der Waals surface area (Å²) in [7, 11) is 0. The third-order valence-electron chi connectivity index (χ3n) is 3.58. The summed E-state index contributed by atoms with van der Waals surface area (Å²) >= 11 is 0. The number of carbonyl (C=O) groups excluding carboxylic acids is 2. The first-order valence-electron chi connectivity index (χ1n) is 7.94. The van der Waals surface area contributed by atoms with Crippen LogP contribution in [0.25, 0.3) is 10.9 Å². The Labute approximate surface area is 136 Å². The van der Waals surface area contributed by atoms with Crippen LogP contribution in [0, 0.1) is 5.41 Å². The highest BCUT2D eigenvalue weighted by Crippen LogP contribution is 2.25. The zero-order chi connectivity index (χ0) is 17.2. The van der Waals surface area contributed by atoms with Gasteiger partial charge in [0.25, 0.3) is 5.91 Å². The quantitative estimate of drug-likeness (QED) is 0.885. The van der Waals surface area contributed by atoms with Crippen molar-refractivity contribution in [3.63, 3.8) is 0 Å². The summed E-state index contributed by atoms with van der Waals surface area (Å²) in [5, 5.41) is 3.82. The van der Waals surface area contributed by atoms with Crippen LogP contribution in [0.4, 0.5) is 5.69 Å². The standard InChI is InChI=1S/C18H25N3O2/c1-5-8-21-14-7-6-13(20-16(22)11-18(2,3)4)9-12(14)10-15(21)17(19)23/h6-7,9-10H,5,8,11H2,1-4H3,(H2,19,23)(H,20,22). The molecular formula is C18H25N3O2. The maximum Gasteiger partial charge on any atom is 0.265 e. The smallest absolute Gasteiger partial charge is 0.265 e. The zero-order valence-electron chi connectivity index (χ0n) is 14.3. The number of fused-ring (bicyclic) bond motifs is 1. The summed E-state index contributed by atoms with van der Waals surface area (Å²) in [5.41, 5.74) is 7.60. The lowest BCUT2D eigenvalue weighted by Gasteiger charge is -2.17. The highest BCUT2D eigenvalue weighted by atomic mass is 16.2. The van der Waals surface area contributed by atoms with Crippen LogP contribution in [0.15, 0.2) is 24.3 Å². The Morgan fingerprint density at radius 2 is 1.91 bits per heavy atom. The first-order chi connectivity index (χ1) is 10.7. The van der Waals surface area contributed by atoms with Crippen molar-refractivity contribution in [2.45, 2.75) is 47.1 Å². The number of nitrogens with zero attached hydrogens (tertiary/aromatic N) is 1. The lowest BCUT2D eigenvalue weighted by atomic mass is 9.92. The molecule has 2 aromatic rings. The Morgan fingerprint density at radius 1 is 1.22 bits per heavy atom. The Balaban J connectivity index is 2.32. The van der Waals surface area contributed by atoms with Crippen LogP contribution in [0.1, 0.15) is 51.0 Å². The number of aryl methyl sites for hydroxylation is 1. The largest absolute Gasteiger partial charge is 0.364 e.